The molecule has 1 atom stereocenters. The number of rotatable bonds is 9. The first-order valence-corrected chi connectivity index (χ1v) is 6.74. The summed E-state index contributed by atoms with van der Waals surface area (Å²) in [6.45, 7) is 6.32. The molecule has 10 heteroatoms. The van der Waals surface area contributed by atoms with Gasteiger partial charge in [-0.25, -0.2) is 9.59 Å². The standard InChI is InChI=1S/C12H23N3O7/c1-8(2)6-10(11(16)17)14(5)15(19)13-21-7-20-12(18)22-9(3)4/h8-10H,6-7H2,1-5H3,(H,16,17)/t10-/m0/s1. The Hall–Kier alpha value is -2.26. The molecule has 0 bridgehead atoms. The van der Waals surface area contributed by atoms with Crippen LogP contribution in [0.5, 0.6) is 0 Å². The molecule has 0 amide bonds. The molecule has 0 aromatic heterocycles. The van der Waals surface area contributed by atoms with Crippen molar-refractivity contribution in [2.75, 3.05) is 13.8 Å². The second kappa shape index (κ2) is 9.64. The van der Waals surface area contributed by atoms with E-state index in [2.05, 4.69) is 19.6 Å². The fourth-order valence-corrected chi connectivity index (χ4v) is 1.41. The van der Waals surface area contributed by atoms with E-state index < -0.39 is 25.0 Å². The molecule has 0 saturated heterocycles. The molecule has 10 nitrogen and oxygen atoms in total. The molecular weight excluding hydrogens is 298 g/mol. The predicted octanol–water partition coefficient (Wildman–Crippen LogP) is 1.75. The lowest BCUT2D eigenvalue weighted by Gasteiger charge is -2.21. The van der Waals surface area contributed by atoms with Crippen molar-refractivity contribution in [3.8, 4) is 0 Å². The number of carboxylic acid groups (broad SMARTS) is 1. The number of likely N-dealkylation sites (N-methyl/N-ethyl adjacent to an activating group) is 1. The van der Waals surface area contributed by atoms with E-state index in [-0.39, 0.29) is 23.4 Å². The second-order valence-electron chi connectivity index (χ2n) is 5.20. The minimum Gasteiger partial charge on any atom is -0.569 e. The first-order valence-electron chi connectivity index (χ1n) is 6.74. The normalized spacial score (nSPS) is 13.0. The fraction of sp³-hybridized carbons (Fsp3) is 0.833. The summed E-state index contributed by atoms with van der Waals surface area (Å²) < 4.78 is 9.13. The molecule has 1 N–H and O–H groups in total. The Morgan fingerprint density at radius 2 is 1.91 bits per heavy atom. The number of carboxylic acids is 1. The topological polar surface area (TPSA) is 124 Å². The van der Waals surface area contributed by atoms with Gasteiger partial charge in [-0.2, -0.15) is 0 Å². The zero-order valence-corrected chi connectivity index (χ0v) is 13.4. The summed E-state index contributed by atoms with van der Waals surface area (Å²) in [6, 6.07) is -1.04. The maximum atomic E-state index is 11.6. The Kier molecular flexibility index (Phi) is 8.65. The van der Waals surface area contributed by atoms with Crippen molar-refractivity contribution in [1.82, 2.24) is 5.01 Å². The van der Waals surface area contributed by atoms with Gasteiger partial charge in [0.2, 0.25) is 5.28 Å². The zero-order chi connectivity index (χ0) is 17.3. The highest BCUT2D eigenvalue weighted by Gasteiger charge is 2.29. The van der Waals surface area contributed by atoms with Gasteiger partial charge in [0.05, 0.1) is 18.1 Å². The highest BCUT2D eigenvalue weighted by molar-refractivity contribution is 5.73. The maximum Gasteiger partial charge on any atom is 0.511 e. The van der Waals surface area contributed by atoms with Crippen molar-refractivity contribution < 1.29 is 34.0 Å². The van der Waals surface area contributed by atoms with Gasteiger partial charge in [0.1, 0.15) is 0 Å². The molecule has 0 saturated carbocycles. The average Bonchev–Trinajstić information content (AvgIpc) is 2.38. The highest BCUT2D eigenvalue weighted by atomic mass is 16.8. The van der Waals surface area contributed by atoms with Crippen LogP contribution in [0.3, 0.4) is 0 Å². The van der Waals surface area contributed by atoms with Gasteiger partial charge in [0.15, 0.2) is 6.04 Å². The quantitative estimate of drug-likeness (QED) is 0.170. The first kappa shape index (κ1) is 19.7. The summed E-state index contributed by atoms with van der Waals surface area (Å²) in [5, 5.41) is 24.7. The summed E-state index contributed by atoms with van der Waals surface area (Å²) in [7, 11) is 1.27. The van der Waals surface area contributed by atoms with Crippen LogP contribution in [0.25, 0.3) is 0 Å². The Bertz CT molecular complexity index is 398. The molecule has 0 radical (unpaired) electrons. The van der Waals surface area contributed by atoms with Crippen LogP contribution >= 0.6 is 0 Å². The van der Waals surface area contributed by atoms with Crippen molar-refractivity contribution in [3.05, 3.63) is 5.21 Å². The van der Waals surface area contributed by atoms with E-state index in [0.717, 1.165) is 5.01 Å². The van der Waals surface area contributed by atoms with E-state index in [9.17, 15) is 14.8 Å². The molecule has 0 rings (SSSR count). The molecule has 0 aromatic rings. The fourth-order valence-electron chi connectivity index (χ4n) is 1.41. The number of hydrogen-bond acceptors (Lipinski definition) is 7. The van der Waals surface area contributed by atoms with Crippen molar-refractivity contribution in [3.63, 3.8) is 0 Å². The lowest BCUT2D eigenvalue weighted by molar-refractivity contribution is -0.711. The van der Waals surface area contributed by atoms with Gasteiger partial charge in [-0.1, -0.05) is 13.8 Å². The molecule has 22 heavy (non-hydrogen) atoms. The maximum absolute atomic E-state index is 11.6. The van der Waals surface area contributed by atoms with Gasteiger partial charge < -0.3 is 24.6 Å². The lowest BCUT2D eigenvalue weighted by Crippen LogP contribution is -2.43. The smallest absolute Gasteiger partial charge is 0.511 e. The zero-order valence-electron chi connectivity index (χ0n) is 13.4. The van der Waals surface area contributed by atoms with E-state index in [0.29, 0.717) is 0 Å². The number of aliphatic carboxylic acids is 1. The van der Waals surface area contributed by atoms with Crippen LogP contribution < -0.4 is 0 Å². The van der Waals surface area contributed by atoms with E-state index >= 15 is 0 Å². The molecule has 0 aromatic carbocycles. The predicted molar refractivity (Wildman–Crippen MR) is 73.4 cm³/mol. The third-order valence-electron chi connectivity index (χ3n) is 2.39. The van der Waals surface area contributed by atoms with Crippen molar-refractivity contribution >= 4 is 12.1 Å². The van der Waals surface area contributed by atoms with Gasteiger partial charge in [-0.3, -0.25) is 0 Å². The molecule has 0 aliphatic rings. The summed E-state index contributed by atoms with van der Waals surface area (Å²) in [4.78, 5) is 26.6. The number of hydrogen-bond donors (Lipinski definition) is 1. The molecule has 0 spiro atoms. The summed E-state index contributed by atoms with van der Waals surface area (Å²) in [6.07, 6.45) is -1.05. The van der Waals surface area contributed by atoms with Crippen LogP contribution in [-0.2, 0) is 19.1 Å². The third-order valence-corrected chi connectivity index (χ3v) is 2.39. The molecule has 0 heterocycles. The molecule has 0 aliphatic heterocycles. The number of carbonyl (C=O) groups excluding carboxylic acids is 1. The molecule has 128 valence electrons. The van der Waals surface area contributed by atoms with E-state index in [1.165, 1.54) is 7.05 Å². The largest absolute Gasteiger partial charge is 0.569 e. The summed E-state index contributed by atoms with van der Waals surface area (Å²) >= 11 is 0. The number of nitrogens with zero attached hydrogens (tertiary/aromatic N) is 3. The van der Waals surface area contributed by atoms with Gasteiger partial charge in [-0.15, -0.1) is 5.01 Å². The number of ether oxygens (including phenoxy) is 2. The van der Waals surface area contributed by atoms with E-state index in [1.807, 2.05) is 13.8 Å². The Balaban J connectivity index is 4.38. The highest BCUT2D eigenvalue weighted by Crippen LogP contribution is 2.11. The van der Waals surface area contributed by atoms with Gasteiger partial charge >= 0.3 is 12.1 Å². The average molecular weight is 321 g/mol. The van der Waals surface area contributed by atoms with Crippen LogP contribution in [0.15, 0.2) is 5.28 Å². The van der Waals surface area contributed by atoms with Crippen LogP contribution in [0.4, 0.5) is 4.79 Å². The molecule has 0 fully saturated rings. The van der Waals surface area contributed by atoms with Crippen LogP contribution in [0.1, 0.15) is 34.1 Å². The third kappa shape index (κ3) is 8.12. The Morgan fingerprint density at radius 3 is 2.36 bits per heavy atom. The Morgan fingerprint density at radius 1 is 1.32 bits per heavy atom. The number of carbonyl (C=O) groups is 2. The molecular formula is C12H23N3O7. The first-order chi connectivity index (χ1) is 10.1. The Labute approximate surface area is 128 Å². The van der Waals surface area contributed by atoms with Crippen molar-refractivity contribution in [1.29, 1.82) is 0 Å². The monoisotopic (exact) mass is 321 g/mol. The summed E-state index contributed by atoms with van der Waals surface area (Å²) in [5.74, 6) is -1.07. The van der Waals surface area contributed by atoms with Crippen LogP contribution in [0.2, 0.25) is 0 Å². The van der Waals surface area contributed by atoms with Crippen molar-refractivity contribution in [2.45, 2.75) is 46.3 Å². The minimum absolute atomic E-state index is 0.0156. The lowest BCUT2D eigenvalue weighted by atomic mass is 10.0. The van der Waals surface area contributed by atoms with Crippen LogP contribution in [-0.4, -0.2) is 53.2 Å². The van der Waals surface area contributed by atoms with E-state index in [1.54, 1.807) is 13.8 Å². The number of hydrazine groups is 1. The minimum atomic E-state index is -1.15. The van der Waals surface area contributed by atoms with Gasteiger partial charge in [-0.05, 0) is 26.2 Å². The van der Waals surface area contributed by atoms with E-state index in [4.69, 9.17) is 5.11 Å². The van der Waals surface area contributed by atoms with Gasteiger partial charge in [0, 0.05) is 0 Å². The summed E-state index contributed by atoms with van der Waals surface area (Å²) in [5.41, 5.74) is 0. The van der Waals surface area contributed by atoms with Crippen LogP contribution in [0, 0.1) is 11.1 Å². The van der Waals surface area contributed by atoms with Crippen molar-refractivity contribution in [2.24, 2.45) is 11.2 Å². The SMILES string of the molecule is CC(C)C[C@@H](C(=O)O)N(C)[N+]([O-])=NOCOC(=O)OC(C)C. The van der Waals surface area contributed by atoms with Gasteiger partial charge in [0.25, 0.3) is 6.79 Å². The molecule has 0 aliphatic carbocycles. The second-order valence-corrected chi connectivity index (χ2v) is 5.20. The molecule has 0 unspecified atom stereocenters.